The van der Waals surface area contributed by atoms with E-state index in [0.717, 1.165) is 0 Å². The summed E-state index contributed by atoms with van der Waals surface area (Å²) >= 11 is -2.14. The number of nitrogens with one attached hydrogen (secondary N) is 1. The van der Waals surface area contributed by atoms with Gasteiger partial charge in [-0.05, 0) is 11.0 Å². The Morgan fingerprint density at radius 2 is 1.60 bits per heavy atom. The number of hydrogen-bond acceptors (Lipinski definition) is 1. The molecule has 0 aliphatic heterocycles. The summed E-state index contributed by atoms with van der Waals surface area (Å²) in [7, 11) is 0. The van der Waals surface area contributed by atoms with Crippen LogP contribution in [0.25, 0.3) is 5.57 Å². The first-order valence-corrected chi connectivity index (χ1v) is 12.0. The van der Waals surface area contributed by atoms with Gasteiger partial charge in [-0.2, -0.15) is 0 Å². The maximum absolute atomic E-state index is 3.98. The molecule has 0 fully saturated rings. The van der Waals surface area contributed by atoms with Crippen LogP contribution >= 0.6 is 0 Å². The first-order chi connectivity index (χ1) is 8.63. The van der Waals surface area contributed by atoms with Crippen molar-refractivity contribution in [3.63, 3.8) is 0 Å². The second-order valence-corrected chi connectivity index (χ2v) is 14.1. The quantitative estimate of drug-likeness (QED) is 0.819. The van der Waals surface area contributed by atoms with Gasteiger partial charge in [0.25, 0.3) is 0 Å². The van der Waals surface area contributed by atoms with Crippen molar-refractivity contribution in [3.8, 4) is 0 Å². The van der Waals surface area contributed by atoms with E-state index >= 15 is 0 Å². The van der Waals surface area contributed by atoms with Crippen LogP contribution in [0.5, 0.6) is 0 Å². The molecule has 1 nitrogen and oxygen atoms in total. The van der Waals surface area contributed by atoms with Gasteiger partial charge in [0.2, 0.25) is 0 Å². The number of rotatable bonds is 2. The van der Waals surface area contributed by atoms with E-state index in [-0.39, 0.29) is 16.5 Å². The Labute approximate surface area is 132 Å². The summed E-state index contributed by atoms with van der Waals surface area (Å²) < 4.78 is 4.63. The minimum Gasteiger partial charge on any atom is -0.0149 e. The Morgan fingerprint density at radius 3 is 2.15 bits per heavy atom. The summed E-state index contributed by atoms with van der Waals surface area (Å²) in [4.78, 5) is 0. The smallest absolute Gasteiger partial charge is 0.0149 e. The van der Waals surface area contributed by atoms with Crippen LogP contribution in [0.15, 0.2) is 29.8 Å². The van der Waals surface area contributed by atoms with Crippen molar-refractivity contribution in [3.05, 3.63) is 41.0 Å². The van der Waals surface area contributed by atoms with E-state index in [1.54, 1.807) is 11.1 Å². The molecule has 0 amide bonds. The van der Waals surface area contributed by atoms with Crippen molar-refractivity contribution < 1.29 is 16.8 Å². The number of allylic oxidation sites excluding steroid dienone is 2. The molecule has 1 aromatic rings. The van der Waals surface area contributed by atoms with Gasteiger partial charge in [-0.1, -0.05) is 0 Å². The van der Waals surface area contributed by atoms with Crippen molar-refractivity contribution in [2.45, 2.75) is 54.8 Å². The van der Waals surface area contributed by atoms with Gasteiger partial charge in [-0.15, -0.1) is 0 Å². The fourth-order valence-corrected chi connectivity index (χ4v) is 10.6. The van der Waals surface area contributed by atoms with Crippen LogP contribution in [0.4, 0.5) is 0 Å². The third kappa shape index (κ3) is 3.36. The molecule has 1 aliphatic rings. The standard InChI is InChI=1S/C11H11.C4H10N.2CH3.H4Si.Ti/c1-8-7-10-5-3-4-6-11(10)9(8)2;1-4(2,3)5;;;;/h3-7H,1-2H3;5H,1-3H3;2*1H3;1H4;/q;-1;;;;+1. The van der Waals surface area contributed by atoms with Gasteiger partial charge in [-0.3, -0.25) is 0 Å². The second-order valence-electron chi connectivity index (χ2n) is 7.42. The second kappa shape index (κ2) is 5.92. The molecule has 0 aromatic heterocycles. The molecule has 1 N–H and O–H groups in total. The van der Waals surface area contributed by atoms with Crippen LogP contribution in [-0.4, -0.2) is 16.5 Å². The first-order valence-electron chi connectivity index (χ1n) is 7.19. The monoisotopic (exact) mass is 325 g/mol. The zero-order valence-corrected chi connectivity index (χ0v) is 14.9. The minimum absolute atomic E-state index is 0. The van der Waals surface area contributed by atoms with Crippen molar-refractivity contribution >= 4 is 16.5 Å². The molecule has 0 bridgehead atoms. The Bertz CT molecular complexity index is 526. The van der Waals surface area contributed by atoms with E-state index in [2.05, 4.69) is 73.1 Å². The van der Waals surface area contributed by atoms with Gasteiger partial charge in [0.05, 0.1) is 0 Å². The van der Waals surface area contributed by atoms with Crippen LogP contribution in [-0.2, 0) is 16.8 Å². The van der Waals surface area contributed by atoms with E-state index in [9.17, 15) is 0 Å². The molecule has 1 aliphatic carbocycles. The maximum atomic E-state index is 3.98. The number of fused-ring (bicyclic) bond motifs is 1. The Kier molecular flexibility index (Phi) is 5.30. The van der Waals surface area contributed by atoms with Crippen molar-refractivity contribution in [1.82, 2.24) is 3.80 Å². The first kappa shape index (κ1) is 17.9. The summed E-state index contributed by atoms with van der Waals surface area (Å²) in [6.07, 6.45) is 0. The molecular formula is C17H31NSiTi. The van der Waals surface area contributed by atoms with Crippen molar-refractivity contribution in [1.29, 1.82) is 0 Å². The van der Waals surface area contributed by atoms with Gasteiger partial charge < -0.3 is 0 Å². The van der Waals surface area contributed by atoms with E-state index in [1.165, 1.54) is 11.1 Å². The number of hydrogen-bond donors (Lipinski definition) is 1. The fourth-order valence-electron chi connectivity index (χ4n) is 3.72. The average molecular weight is 325 g/mol. The molecular weight excluding hydrogens is 294 g/mol. The summed E-state index contributed by atoms with van der Waals surface area (Å²) in [6.45, 7) is 11.5. The topological polar surface area (TPSA) is 12.0 Å². The molecule has 112 valence electrons. The summed E-state index contributed by atoms with van der Waals surface area (Å²) in [5.41, 5.74) is 6.31. The van der Waals surface area contributed by atoms with Crippen LogP contribution in [0.1, 0.15) is 50.0 Å². The predicted octanol–water partition coefficient (Wildman–Crippen LogP) is 3.64. The zero-order chi connectivity index (χ0) is 14.4. The van der Waals surface area contributed by atoms with E-state index < -0.39 is 16.8 Å². The molecule has 0 radical (unpaired) electrons. The molecule has 0 heterocycles. The number of benzene rings is 1. The van der Waals surface area contributed by atoms with E-state index in [1.807, 2.05) is 0 Å². The van der Waals surface area contributed by atoms with Crippen molar-refractivity contribution in [2.24, 2.45) is 0 Å². The van der Waals surface area contributed by atoms with Gasteiger partial charge in [0, 0.05) is 0 Å². The van der Waals surface area contributed by atoms with Crippen LogP contribution in [0, 0.1) is 0 Å². The normalized spacial score (nSPS) is 18.9. The maximum Gasteiger partial charge on any atom is -0.0149 e. The van der Waals surface area contributed by atoms with Crippen LogP contribution in [0.3, 0.4) is 0 Å². The fraction of sp³-hybridized carbons (Fsp3) is 0.529. The van der Waals surface area contributed by atoms with Gasteiger partial charge in [-0.25, -0.2) is 0 Å². The predicted molar refractivity (Wildman–Crippen MR) is 93.4 cm³/mol. The third-order valence-corrected chi connectivity index (χ3v) is 9.71. The minimum atomic E-state index is -2.14. The molecule has 1 unspecified atom stereocenters. The summed E-state index contributed by atoms with van der Waals surface area (Å²) in [5, 5.41) is 5.02. The molecule has 0 spiro atoms. The Hall–Kier alpha value is -0.149. The molecule has 1 atom stereocenters. The summed E-state index contributed by atoms with van der Waals surface area (Å²) in [5.74, 6) is 0. The van der Waals surface area contributed by atoms with Gasteiger partial charge in [0.15, 0.2) is 0 Å². The largest absolute Gasteiger partial charge is 0.0149 e. The molecule has 2 rings (SSSR count). The molecule has 3 heteroatoms. The Morgan fingerprint density at radius 1 is 1.05 bits per heavy atom. The SMILES string of the molecule is CC1=C(C)[CH]([Ti]([CH3])([CH3])[NH]C(C)(C)C)c2ccccc21.[SiH4]. The zero-order valence-electron chi connectivity index (χ0n) is 13.4. The molecule has 0 saturated carbocycles. The summed E-state index contributed by atoms with van der Waals surface area (Å²) in [6, 6.07) is 8.96. The molecule has 0 saturated heterocycles. The van der Waals surface area contributed by atoms with Crippen LogP contribution < -0.4 is 3.80 Å². The molecule has 20 heavy (non-hydrogen) atoms. The van der Waals surface area contributed by atoms with Crippen LogP contribution in [0.2, 0.25) is 10.5 Å². The van der Waals surface area contributed by atoms with Crippen molar-refractivity contribution in [2.75, 3.05) is 0 Å². The van der Waals surface area contributed by atoms with Gasteiger partial charge in [0.1, 0.15) is 0 Å². The van der Waals surface area contributed by atoms with E-state index in [4.69, 9.17) is 0 Å². The Balaban J connectivity index is 0.00000200. The third-order valence-electron chi connectivity index (χ3n) is 4.12. The van der Waals surface area contributed by atoms with E-state index in [0.29, 0.717) is 4.22 Å². The van der Waals surface area contributed by atoms with Gasteiger partial charge >= 0.3 is 122 Å². The molecule has 1 aromatic carbocycles. The average Bonchev–Trinajstić information content (AvgIpc) is 2.49.